The highest BCUT2D eigenvalue weighted by molar-refractivity contribution is 6.65. The van der Waals surface area contributed by atoms with Gasteiger partial charge in [-0.3, -0.25) is 0 Å². The Hall–Kier alpha value is 0.387. The molecule has 0 fully saturated rings. The van der Waals surface area contributed by atoms with Crippen molar-refractivity contribution >= 4 is 8.56 Å². The second-order valence-corrected chi connectivity index (χ2v) is 14.9. The van der Waals surface area contributed by atoms with E-state index < -0.39 is 8.56 Å². The molecule has 0 bridgehead atoms. The molecule has 0 heterocycles. The summed E-state index contributed by atoms with van der Waals surface area (Å²) in [7, 11) is 1.76. The monoisotopic (exact) mass is 549 g/mol. The summed E-state index contributed by atoms with van der Waals surface area (Å²) in [6.07, 6.45) is 31.3. The van der Waals surface area contributed by atoms with E-state index >= 15 is 0 Å². The summed E-state index contributed by atoms with van der Waals surface area (Å²) >= 11 is 0. The first-order valence-corrected chi connectivity index (χ1v) is 18.6. The zero-order valence-corrected chi connectivity index (χ0v) is 27.3. The minimum absolute atomic E-state index is 0. The van der Waals surface area contributed by atoms with Crippen LogP contribution in [-0.4, -0.2) is 42.4 Å². The fourth-order valence-corrected chi connectivity index (χ4v) is 6.68. The van der Waals surface area contributed by atoms with Crippen molar-refractivity contribution in [1.82, 2.24) is 0 Å². The quantitative estimate of drug-likeness (QED) is 0.0932. The van der Waals surface area contributed by atoms with E-state index in [0.717, 1.165) is 6.04 Å². The third-order valence-electron chi connectivity index (χ3n) is 8.04. The summed E-state index contributed by atoms with van der Waals surface area (Å²) in [5.41, 5.74) is 0. The molecule has 0 aromatic heterocycles. The van der Waals surface area contributed by atoms with Gasteiger partial charge in [0.05, 0.1) is 19.6 Å². The maximum Gasteiger partial charge on any atom is 0.334 e. The smallest absolute Gasteiger partial charge is 0.334 e. The van der Waals surface area contributed by atoms with Gasteiger partial charge >= 0.3 is 8.56 Å². The molecule has 0 aliphatic rings. The van der Waals surface area contributed by atoms with Crippen molar-refractivity contribution in [3.05, 3.63) is 0 Å². The van der Waals surface area contributed by atoms with Crippen LogP contribution in [-0.2, 0) is 8.85 Å². The minimum atomic E-state index is -1.89. The molecule has 0 saturated carbocycles. The standard InChI is InChI=1S/C31H67NO2Si.ClH/c1-6-8-10-12-14-16-18-20-22-24-28-32(30-26-27-31-35(5,33-3)34-4)29-25-23-21-19-17-15-13-11-9-7-2;/h6-31H2,1-5H3;1H. The molecule has 0 radical (unpaired) electrons. The van der Waals surface area contributed by atoms with E-state index in [1.807, 2.05) is 19.1 Å². The van der Waals surface area contributed by atoms with Crippen molar-refractivity contribution in [2.75, 3.05) is 33.9 Å². The van der Waals surface area contributed by atoms with Gasteiger partial charge in [0, 0.05) is 14.2 Å². The highest BCUT2D eigenvalue weighted by Gasteiger charge is 2.27. The number of nitrogens with one attached hydrogen (secondary N) is 1. The maximum atomic E-state index is 5.68. The molecular formula is C31H68ClNO2Si. The van der Waals surface area contributed by atoms with Gasteiger partial charge in [0.1, 0.15) is 0 Å². The molecule has 0 amide bonds. The highest BCUT2D eigenvalue weighted by Crippen LogP contribution is 2.15. The van der Waals surface area contributed by atoms with Crippen molar-refractivity contribution in [1.29, 1.82) is 0 Å². The van der Waals surface area contributed by atoms with Crippen LogP contribution in [0.15, 0.2) is 0 Å². The molecular weight excluding hydrogens is 482 g/mol. The lowest BCUT2D eigenvalue weighted by molar-refractivity contribution is -0.900. The molecule has 0 aliphatic heterocycles. The summed E-state index contributed by atoms with van der Waals surface area (Å²) < 4.78 is 11.4. The zero-order chi connectivity index (χ0) is 25.9. The van der Waals surface area contributed by atoms with Crippen molar-refractivity contribution in [2.45, 2.75) is 168 Å². The summed E-state index contributed by atoms with van der Waals surface area (Å²) in [6.45, 7) is 10.9. The summed E-state index contributed by atoms with van der Waals surface area (Å²) in [5.74, 6) is 0. The molecule has 0 aromatic carbocycles. The molecule has 0 rings (SSSR count). The number of halogens is 1. The van der Waals surface area contributed by atoms with Crippen LogP contribution in [0.2, 0.25) is 12.6 Å². The van der Waals surface area contributed by atoms with Crippen LogP contribution in [0.25, 0.3) is 0 Å². The number of quaternary nitrogens is 1. The van der Waals surface area contributed by atoms with E-state index in [1.54, 1.807) is 0 Å². The first-order chi connectivity index (χ1) is 17.1. The first kappa shape index (κ1) is 38.5. The lowest BCUT2D eigenvalue weighted by Crippen LogP contribution is -3.12. The molecule has 220 valence electrons. The van der Waals surface area contributed by atoms with E-state index in [2.05, 4.69) is 20.4 Å². The molecule has 36 heavy (non-hydrogen) atoms. The number of hydrogen-bond donors (Lipinski definition) is 1. The lowest BCUT2D eigenvalue weighted by Gasteiger charge is -2.23. The molecule has 5 heteroatoms. The van der Waals surface area contributed by atoms with Crippen LogP contribution in [0.5, 0.6) is 0 Å². The Morgan fingerprint density at radius 1 is 0.444 bits per heavy atom. The number of unbranched alkanes of at least 4 members (excludes halogenated alkanes) is 19. The minimum Gasteiger partial charge on any atom is -1.00 e. The molecule has 0 saturated heterocycles. The summed E-state index contributed by atoms with van der Waals surface area (Å²) in [4.78, 5) is 1.86. The molecule has 0 atom stereocenters. The topological polar surface area (TPSA) is 22.9 Å². The van der Waals surface area contributed by atoms with Gasteiger partial charge in [-0.2, -0.15) is 0 Å². The Morgan fingerprint density at radius 3 is 1.03 bits per heavy atom. The third-order valence-corrected chi connectivity index (χ3v) is 11.0. The summed E-state index contributed by atoms with van der Waals surface area (Å²) in [6, 6.07) is 1.13. The fourth-order valence-electron chi connectivity index (χ4n) is 5.21. The molecule has 0 spiro atoms. The summed E-state index contributed by atoms with van der Waals surface area (Å²) in [5, 5.41) is 0. The van der Waals surface area contributed by atoms with Crippen LogP contribution in [0, 0.1) is 0 Å². The molecule has 3 nitrogen and oxygen atoms in total. The Morgan fingerprint density at radius 2 is 0.722 bits per heavy atom. The van der Waals surface area contributed by atoms with Crippen LogP contribution < -0.4 is 17.3 Å². The van der Waals surface area contributed by atoms with Gasteiger partial charge in [0.15, 0.2) is 0 Å². The predicted molar refractivity (Wildman–Crippen MR) is 159 cm³/mol. The third kappa shape index (κ3) is 26.0. The Bertz CT molecular complexity index is 386. The second-order valence-electron chi connectivity index (χ2n) is 11.4. The van der Waals surface area contributed by atoms with Gasteiger partial charge in [-0.25, -0.2) is 0 Å². The Kier molecular flexibility index (Phi) is 32.0. The van der Waals surface area contributed by atoms with Crippen LogP contribution in [0.4, 0.5) is 0 Å². The van der Waals surface area contributed by atoms with Crippen LogP contribution >= 0.6 is 0 Å². The normalized spacial score (nSPS) is 11.8. The van der Waals surface area contributed by atoms with E-state index in [0.29, 0.717) is 0 Å². The van der Waals surface area contributed by atoms with Gasteiger partial charge in [-0.05, 0) is 51.1 Å². The first-order valence-electron chi connectivity index (χ1n) is 16.1. The molecule has 0 unspecified atom stereocenters. The number of rotatable bonds is 29. The van der Waals surface area contributed by atoms with Crippen LogP contribution in [0.3, 0.4) is 0 Å². The Balaban J connectivity index is 0. The van der Waals surface area contributed by atoms with E-state index in [-0.39, 0.29) is 12.4 Å². The lowest BCUT2D eigenvalue weighted by atomic mass is 10.1. The molecule has 0 aliphatic carbocycles. The van der Waals surface area contributed by atoms with Crippen molar-refractivity contribution in [3.63, 3.8) is 0 Å². The van der Waals surface area contributed by atoms with Gasteiger partial charge < -0.3 is 26.2 Å². The van der Waals surface area contributed by atoms with Crippen molar-refractivity contribution in [2.24, 2.45) is 0 Å². The predicted octanol–water partition coefficient (Wildman–Crippen LogP) is 5.86. The average Bonchev–Trinajstić information content (AvgIpc) is 2.88. The maximum absolute atomic E-state index is 5.68. The Labute approximate surface area is 235 Å². The number of hydrogen-bond acceptors (Lipinski definition) is 2. The van der Waals surface area contributed by atoms with E-state index in [1.165, 1.54) is 161 Å². The van der Waals surface area contributed by atoms with Gasteiger partial charge in [-0.1, -0.05) is 117 Å². The molecule has 0 aromatic rings. The fraction of sp³-hybridized carbons (Fsp3) is 1.00. The van der Waals surface area contributed by atoms with Crippen molar-refractivity contribution < 1.29 is 26.2 Å². The zero-order valence-electron chi connectivity index (χ0n) is 25.6. The second kappa shape index (κ2) is 29.9. The van der Waals surface area contributed by atoms with Crippen LogP contribution in [0.1, 0.15) is 155 Å². The average molecular weight is 550 g/mol. The van der Waals surface area contributed by atoms with Crippen molar-refractivity contribution in [3.8, 4) is 0 Å². The highest BCUT2D eigenvalue weighted by atomic mass is 35.5. The SMILES string of the molecule is CCCCCCCCCCCC[NH+](CCCCCCCCCCCC)CCCC[Si](C)(OC)OC.[Cl-]. The largest absolute Gasteiger partial charge is 1.00 e. The van der Waals surface area contributed by atoms with E-state index in [4.69, 9.17) is 8.85 Å². The van der Waals surface area contributed by atoms with Gasteiger partial charge in [0.2, 0.25) is 0 Å². The molecule has 1 N–H and O–H groups in total. The van der Waals surface area contributed by atoms with Gasteiger partial charge in [-0.15, -0.1) is 0 Å². The van der Waals surface area contributed by atoms with Gasteiger partial charge in [0.25, 0.3) is 0 Å². The van der Waals surface area contributed by atoms with E-state index in [9.17, 15) is 0 Å².